The molecule has 0 fully saturated rings. The van der Waals surface area contributed by atoms with E-state index in [2.05, 4.69) is 9.82 Å². The van der Waals surface area contributed by atoms with Crippen LogP contribution in [0.25, 0.3) is 0 Å². The van der Waals surface area contributed by atoms with Crippen LogP contribution >= 0.6 is 0 Å². The largest absolute Gasteiger partial charge is 0.478 e. The predicted octanol–water partition coefficient (Wildman–Crippen LogP) is -1.52. The minimum Gasteiger partial charge on any atom is -0.478 e. The highest BCUT2D eigenvalue weighted by Crippen LogP contribution is 2.06. The van der Waals surface area contributed by atoms with Gasteiger partial charge in [0.1, 0.15) is 6.61 Å². The Bertz CT molecular complexity index is 553. The number of carboxylic acid groups (broad SMARTS) is 1. The summed E-state index contributed by atoms with van der Waals surface area (Å²) in [6.07, 6.45) is 0.880. The third-order valence-corrected chi connectivity index (χ3v) is 2.77. The van der Waals surface area contributed by atoms with Crippen LogP contribution < -0.4 is 10.6 Å². The van der Waals surface area contributed by atoms with Gasteiger partial charge in [-0.15, -0.1) is 0 Å². The van der Waals surface area contributed by atoms with Crippen LogP contribution in [0.4, 0.5) is 0 Å². The molecule has 0 spiro atoms. The average molecular weight is 275 g/mol. The molecule has 10 heteroatoms. The molecule has 18 heavy (non-hydrogen) atoms. The van der Waals surface area contributed by atoms with Crippen molar-refractivity contribution in [2.75, 3.05) is 6.61 Å². The lowest BCUT2D eigenvalue weighted by Crippen LogP contribution is -2.30. The van der Waals surface area contributed by atoms with Crippen molar-refractivity contribution in [2.24, 2.45) is 5.73 Å². The van der Waals surface area contributed by atoms with Crippen molar-refractivity contribution in [3.63, 3.8) is 0 Å². The van der Waals surface area contributed by atoms with Crippen LogP contribution in [0.3, 0.4) is 0 Å². The summed E-state index contributed by atoms with van der Waals surface area (Å²) >= 11 is 0. The second-order valence-electron chi connectivity index (χ2n) is 3.03. The lowest BCUT2D eigenvalue weighted by Gasteiger charge is -2.05. The SMILES string of the molecule is NC(=O)CONS(=O)(=O)c1ccc(C(=O)O)cn1. The van der Waals surface area contributed by atoms with Crippen LogP contribution in [0.2, 0.25) is 0 Å². The quantitative estimate of drug-likeness (QED) is 0.533. The lowest BCUT2D eigenvalue weighted by atomic mass is 10.3. The van der Waals surface area contributed by atoms with Crippen LogP contribution in [0.5, 0.6) is 0 Å². The molecule has 98 valence electrons. The first kappa shape index (κ1) is 14.0. The molecule has 0 aliphatic heterocycles. The molecule has 9 nitrogen and oxygen atoms in total. The molecular formula is C8H9N3O6S. The van der Waals surface area contributed by atoms with E-state index in [1.165, 1.54) is 0 Å². The first-order chi connectivity index (χ1) is 8.33. The van der Waals surface area contributed by atoms with Gasteiger partial charge >= 0.3 is 5.97 Å². The van der Waals surface area contributed by atoms with E-state index in [0.29, 0.717) is 0 Å². The molecule has 0 aromatic carbocycles. The Labute approximate surface area is 102 Å². The number of primary amides is 1. The summed E-state index contributed by atoms with van der Waals surface area (Å²) in [5.74, 6) is -2.09. The minimum atomic E-state index is -4.08. The van der Waals surface area contributed by atoms with Gasteiger partial charge < -0.3 is 10.8 Å². The number of aromatic nitrogens is 1. The highest BCUT2D eigenvalue weighted by atomic mass is 32.2. The second-order valence-corrected chi connectivity index (χ2v) is 4.62. The number of pyridine rings is 1. The Hall–Kier alpha value is -2.04. The molecule has 1 heterocycles. The summed E-state index contributed by atoms with van der Waals surface area (Å²) in [5.41, 5.74) is 4.57. The van der Waals surface area contributed by atoms with Gasteiger partial charge in [0.05, 0.1) is 5.56 Å². The summed E-state index contributed by atoms with van der Waals surface area (Å²) in [6.45, 7) is -0.633. The number of carbonyl (C=O) groups is 2. The summed E-state index contributed by atoms with van der Waals surface area (Å²) in [5, 5.41) is 8.15. The Morgan fingerprint density at radius 3 is 2.56 bits per heavy atom. The van der Waals surface area contributed by atoms with Crippen LogP contribution in [0, 0.1) is 0 Å². The van der Waals surface area contributed by atoms with Crippen molar-refractivity contribution < 1.29 is 28.0 Å². The molecule has 0 bridgehead atoms. The van der Waals surface area contributed by atoms with Crippen LogP contribution in [-0.4, -0.2) is 37.0 Å². The van der Waals surface area contributed by atoms with Gasteiger partial charge in [0.25, 0.3) is 10.0 Å². The van der Waals surface area contributed by atoms with E-state index in [4.69, 9.17) is 10.8 Å². The number of nitrogens with zero attached hydrogens (tertiary/aromatic N) is 1. The normalized spacial score (nSPS) is 11.1. The second kappa shape index (κ2) is 5.53. The van der Waals surface area contributed by atoms with Crippen LogP contribution in [0.15, 0.2) is 23.4 Å². The Morgan fingerprint density at radius 1 is 1.44 bits per heavy atom. The van der Waals surface area contributed by atoms with E-state index in [9.17, 15) is 18.0 Å². The number of carbonyl (C=O) groups excluding carboxylic acids is 1. The third-order valence-electron chi connectivity index (χ3n) is 1.64. The maximum atomic E-state index is 11.5. The van der Waals surface area contributed by atoms with E-state index < -0.39 is 33.5 Å². The van der Waals surface area contributed by atoms with Crippen LogP contribution in [0.1, 0.15) is 10.4 Å². The van der Waals surface area contributed by atoms with Gasteiger partial charge in [-0.25, -0.2) is 18.2 Å². The molecule has 1 aromatic rings. The van der Waals surface area contributed by atoms with Gasteiger partial charge in [-0.3, -0.25) is 9.63 Å². The van der Waals surface area contributed by atoms with E-state index in [-0.39, 0.29) is 5.56 Å². The highest BCUT2D eigenvalue weighted by molar-refractivity contribution is 7.89. The molecule has 0 unspecified atom stereocenters. The smallest absolute Gasteiger partial charge is 0.337 e. The number of hydrogen-bond acceptors (Lipinski definition) is 6. The molecule has 1 aromatic heterocycles. The van der Waals surface area contributed by atoms with E-state index in [1.54, 1.807) is 4.89 Å². The Kier molecular flexibility index (Phi) is 4.31. The van der Waals surface area contributed by atoms with E-state index in [1.807, 2.05) is 0 Å². The van der Waals surface area contributed by atoms with Gasteiger partial charge in [-0.1, -0.05) is 4.89 Å². The fourth-order valence-corrected chi connectivity index (χ4v) is 1.62. The third kappa shape index (κ3) is 3.76. The monoisotopic (exact) mass is 275 g/mol. The van der Waals surface area contributed by atoms with Crippen molar-refractivity contribution in [3.05, 3.63) is 23.9 Å². The summed E-state index contributed by atoms with van der Waals surface area (Å²) in [6, 6.07) is 2.05. The molecule has 0 radical (unpaired) electrons. The fraction of sp³-hybridized carbons (Fsp3) is 0.125. The number of nitrogens with one attached hydrogen (secondary N) is 1. The zero-order chi connectivity index (χ0) is 13.8. The lowest BCUT2D eigenvalue weighted by molar-refractivity contribution is -0.123. The minimum absolute atomic E-state index is 0.160. The zero-order valence-corrected chi connectivity index (χ0v) is 9.68. The summed E-state index contributed by atoms with van der Waals surface area (Å²) in [4.78, 5) is 30.2. The molecule has 0 aliphatic rings. The molecule has 0 saturated carbocycles. The number of sulfonamides is 1. The van der Waals surface area contributed by atoms with Crippen molar-refractivity contribution in [3.8, 4) is 0 Å². The molecule has 1 rings (SSSR count). The number of rotatable bonds is 6. The van der Waals surface area contributed by atoms with Gasteiger partial charge in [0, 0.05) is 6.20 Å². The number of nitrogens with two attached hydrogens (primary N) is 1. The van der Waals surface area contributed by atoms with Gasteiger partial charge in [-0.05, 0) is 12.1 Å². The summed E-state index contributed by atoms with van der Waals surface area (Å²) in [7, 11) is -4.08. The Balaban J connectivity index is 2.79. The van der Waals surface area contributed by atoms with Crippen molar-refractivity contribution in [2.45, 2.75) is 5.03 Å². The van der Waals surface area contributed by atoms with Gasteiger partial charge in [0.2, 0.25) is 5.91 Å². The topological polar surface area (TPSA) is 149 Å². The van der Waals surface area contributed by atoms with Crippen molar-refractivity contribution in [1.82, 2.24) is 9.87 Å². The van der Waals surface area contributed by atoms with E-state index in [0.717, 1.165) is 18.3 Å². The summed E-state index contributed by atoms with van der Waals surface area (Å²) < 4.78 is 23.0. The van der Waals surface area contributed by atoms with Crippen molar-refractivity contribution in [1.29, 1.82) is 0 Å². The van der Waals surface area contributed by atoms with Gasteiger partial charge in [0.15, 0.2) is 5.03 Å². The molecular weight excluding hydrogens is 266 g/mol. The fourth-order valence-electron chi connectivity index (χ4n) is 0.887. The Morgan fingerprint density at radius 2 is 2.11 bits per heavy atom. The molecule has 1 amide bonds. The molecule has 0 atom stereocenters. The number of aromatic carboxylic acids is 1. The molecule has 4 N–H and O–H groups in total. The maximum absolute atomic E-state index is 11.5. The number of amides is 1. The maximum Gasteiger partial charge on any atom is 0.337 e. The molecule has 0 aliphatic carbocycles. The molecule has 0 saturated heterocycles. The van der Waals surface area contributed by atoms with E-state index >= 15 is 0 Å². The van der Waals surface area contributed by atoms with Gasteiger partial charge in [-0.2, -0.15) is 0 Å². The average Bonchev–Trinajstić information content (AvgIpc) is 2.28. The first-order valence-corrected chi connectivity index (χ1v) is 5.92. The van der Waals surface area contributed by atoms with Crippen molar-refractivity contribution >= 4 is 21.9 Å². The standard InChI is InChI=1S/C8H9N3O6S/c9-6(12)4-17-11-18(15,16)7-2-1-5(3-10-7)8(13)14/h1-3,11H,4H2,(H2,9,12)(H,13,14). The highest BCUT2D eigenvalue weighted by Gasteiger charge is 2.17. The number of hydrogen-bond donors (Lipinski definition) is 3. The predicted molar refractivity (Wildman–Crippen MR) is 56.7 cm³/mol. The first-order valence-electron chi connectivity index (χ1n) is 4.44. The van der Waals surface area contributed by atoms with Crippen LogP contribution in [-0.2, 0) is 19.7 Å². The zero-order valence-electron chi connectivity index (χ0n) is 8.86. The number of carboxylic acids is 1.